The third-order valence-corrected chi connectivity index (χ3v) is 4.60. The molecule has 1 heterocycles. The molecule has 0 fully saturated rings. The zero-order chi connectivity index (χ0) is 21.9. The van der Waals surface area contributed by atoms with E-state index in [0.717, 1.165) is 42.3 Å². The van der Waals surface area contributed by atoms with Crippen LogP contribution in [0.15, 0.2) is 76.3 Å². The first kappa shape index (κ1) is 22.0. The fraction of sp³-hybridized carbons (Fsp3) is 0.250. The number of carbonyl (C=O) groups excluding carboxylic acids is 1. The Kier molecular flexibility index (Phi) is 8.11. The number of ether oxygens (including phenoxy) is 1. The van der Waals surface area contributed by atoms with Crippen molar-refractivity contribution >= 4 is 17.6 Å². The molecule has 0 saturated carbocycles. The molecule has 162 valence electrons. The van der Waals surface area contributed by atoms with E-state index in [0.29, 0.717) is 12.2 Å². The summed E-state index contributed by atoms with van der Waals surface area (Å²) in [5.74, 6) is 1.66. The van der Waals surface area contributed by atoms with Crippen LogP contribution in [0.5, 0.6) is 5.75 Å². The summed E-state index contributed by atoms with van der Waals surface area (Å²) in [5.41, 5.74) is 2.90. The van der Waals surface area contributed by atoms with Crippen molar-refractivity contribution in [3.8, 4) is 5.75 Å². The van der Waals surface area contributed by atoms with E-state index < -0.39 is 0 Å². The standard InChI is InChI=1S/C24H28N4O3/c1-3-25-24(26-15-14-19-7-4-5-8-21(19)30-2)27-17-18-10-12-20(13-11-18)28-23(29)22-9-6-16-31-22/h4-13,16H,3,14-15,17H2,1-2H3,(H,28,29)(H2,25,26,27). The van der Waals surface area contributed by atoms with Crippen LogP contribution in [0.4, 0.5) is 5.69 Å². The molecule has 0 bridgehead atoms. The molecule has 0 saturated heterocycles. The van der Waals surface area contributed by atoms with Crippen LogP contribution in [-0.4, -0.2) is 32.1 Å². The maximum Gasteiger partial charge on any atom is 0.291 e. The molecule has 0 aliphatic heterocycles. The summed E-state index contributed by atoms with van der Waals surface area (Å²) in [6.45, 7) is 4.08. The molecule has 0 unspecified atom stereocenters. The highest BCUT2D eigenvalue weighted by molar-refractivity contribution is 6.02. The lowest BCUT2D eigenvalue weighted by molar-refractivity contribution is 0.0996. The largest absolute Gasteiger partial charge is 0.496 e. The lowest BCUT2D eigenvalue weighted by Gasteiger charge is -2.13. The highest BCUT2D eigenvalue weighted by Gasteiger charge is 2.08. The maximum atomic E-state index is 12.0. The van der Waals surface area contributed by atoms with E-state index in [1.54, 1.807) is 19.2 Å². The van der Waals surface area contributed by atoms with Gasteiger partial charge < -0.3 is 25.1 Å². The first-order valence-corrected chi connectivity index (χ1v) is 10.3. The van der Waals surface area contributed by atoms with Crippen LogP contribution in [0.3, 0.4) is 0 Å². The number of anilines is 1. The van der Waals surface area contributed by atoms with Crippen LogP contribution in [-0.2, 0) is 13.0 Å². The van der Waals surface area contributed by atoms with Gasteiger partial charge in [-0.05, 0) is 54.8 Å². The first-order chi connectivity index (χ1) is 15.2. The minimum Gasteiger partial charge on any atom is -0.496 e. The lowest BCUT2D eigenvalue weighted by atomic mass is 10.1. The molecule has 7 nitrogen and oxygen atoms in total. The van der Waals surface area contributed by atoms with Gasteiger partial charge in [0.2, 0.25) is 0 Å². The predicted molar refractivity (Wildman–Crippen MR) is 123 cm³/mol. The van der Waals surface area contributed by atoms with Crippen LogP contribution < -0.4 is 20.7 Å². The number of hydrogen-bond acceptors (Lipinski definition) is 4. The molecule has 7 heteroatoms. The van der Waals surface area contributed by atoms with Gasteiger partial charge >= 0.3 is 0 Å². The second kappa shape index (κ2) is 11.4. The highest BCUT2D eigenvalue weighted by atomic mass is 16.5. The smallest absolute Gasteiger partial charge is 0.291 e. The third kappa shape index (κ3) is 6.64. The van der Waals surface area contributed by atoms with Crippen molar-refractivity contribution in [1.82, 2.24) is 10.6 Å². The summed E-state index contributed by atoms with van der Waals surface area (Å²) in [7, 11) is 1.69. The molecule has 3 aromatic rings. The van der Waals surface area contributed by atoms with Gasteiger partial charge in [0, 0.05) is 18.8 Å². The minimum absolute atomic E-state index is 0.274. The second-order valence-corrected chi connectivity index (χ2v) is 6.81. The molecule has 1 amide bonds. The summed E-state index contributed by atoms with van der Waals surface area (Å²) in [6.07, 6.45) is 2.31. The summed E-state index contributed by atoms with van der Waals surface area (Å²) in [6, 6.07) is 18.9. The number of aliphatic imine (C=N–C) groups is 1. The van der Waals surface area contributed by atoms with Crippen LogP contribution in [0, 0.1) is 0 Å². The van der Waals surface area contributed by atoms with E-state index in [9.17, 15) is 4.79 Å². The molecule has 0 aliphatic rings. The van der Waals surface area contributed by atoms with Crippen LogP contribution >= 0.6 is 0 Å². The van der Waals surface area contributed by atoms with Gasteiger partial charge in [0.25, 0.3) is 5.91 Å². The molecule has 0 spiro atoms. The SMILES string of the molecule is CCNC(=NCc1ccc(NC(=O)c2ccco2)cc1)NCCc1ccccc1OC. The van der Waals surface area contributed by atoms with E-state index in [1.807, 2.05) is 49.4 Å². The number of benzene rings is 2. The molecular formula is C24H28N4O3. The second-order valence-electron chi connectivity index (χ2n) is 6.81. The molecule has 0 aliphatic carbocycles. The minimum atomic E-state index is -0.274. The van der Waals surface area contributed by atoms with Crippen molar-refractivity contribution in [1.29, 1.82) is 0 Å². The van der Waals surface area contributed by atoms with Gasteiger partial charge in [-0.1, -0.05) is 30.3 Å². The van der Waals surface area contributed by atoms with E-state index >= 15 is 0 Å². The Labute approximate surface area is 182 Å². The molecule has 1 aromatic heterocycles. The Bertz CT molecular complexity index is 982. The van der Waals surface area contributed by atoms with E-state index in [1.165, 1.54) is 6.26 Å². The van der Waals surface area contributed by atoms with Gasteiger partial charge in [-0.3, -0.25) is 4.79 Å². The van der Waals surface area contributed by atoms with Crippen molar-refractivity contribution in [2.45, 2.75) is 19.9 Å². The molecule has 3 rings (SSSR count). The van der Waals surface area contributed by atoms with Gasteiger partial charge in [0.1, 0.15) is 5.75 Å². The number of nitrogens with one attached hydrogen (secondary N) is 3. The number of hydrogen-bond donors (Lipinski definition) is 3. The highest BCUT2D eigenvalue weighted by Crippen LogP contribution is 2.17. The zero-order valence-electron chi connectivity index (χ0n) is 17.9. The van der Waals surface area contributed by atoms with Gasteiger partial charge in [-0.2, -0.15) is 0 Å². The van der Waals surface area contributed by atoms with Gasteiger partial charge in [-0.25, -0.2) is 4.99 Å². The van der Waals surface area contributed by atoms with Gasteiger partial charge in [0.15, 0.2) is 11.7 Å². The van der Waals surface area contributed by atoms with Crippen LogP contribution in [0.2, 0.25) is 0 Å². The third-order valence-electron chi connectivity index (χ3n) is 4.60. The number of methoxy groups -OCH3 is 1. The number of furan rings is 1. The van der Waals surface area contributed by atoms with Gasteiger partial charge in [0.05, 0.1) is 19.9 Å². The number of carbonyl (C=O) groups is 1. The predicted octanol–water partition coefficient (Wildman–Crippen LogP) is 3.84. The summed E-state index contributed by atoms with van der Waals surface area (Å²) < 4.78 is 10.5. The topological polar surface area (TPSA) is 87.9 Å². The molecular weight excluding hydrogens is 392 g/mol. The fourth-order valence-electron chi connectivity index (χ4n) is 3.03. The van der Waals surface area contributed by atoms with E-state index in [2.05, 4.69) is 27.0 Å². The summed E-state index contributed by atoms with van der Waals surface area (Å²) in [5, 5.41) is 9.43. The summed E-state index contributed by atoms with van der Waals surface area (Å²) in [4.78, 5) is 16.7. The number of rotatable bonds is 9. The van der Waals surface area contributed by atoms with Crippen molar-refractivity contribution < 1.29 is 13.9 Å². The average molecular weight is 421 g/mol. The van der Waals surface area contributed by atoms with Crippen molar-refractivity contribution in [2.24, 2.45) is 4.99 Å². The Morgan fingerprint density at radius 1 is 1.03 bits per heavy atom. The van der Waals surface area contributed by atoms with Gasteiger partial charge in [-0.15, -0.1) is 0 Å². The van der Waals surface area contributed by atoms with Crippen molar-refractivity contribution in [2.75, 3.05) is 25.5 Å². The lowest BCUT2D eigenvalue weighted by Crippen LogP contribution is -2.38. The zero-order valence-corrected chi connectivity index (χ0v) is 17.9. The molecule has 3 N–H and O–H groups in total. The quantitative estimate of drug-likeness (QED) is 0.362. The number of nitrogens with zero attached hydrogens (tertiary/aromatic N) is 1. The first-order valence-electron chi connectivity index (χ1n) is 10.3. The molecule has 31 heavy (non-hydrogen) atoms. The normalized spacial score (nSPS) is 11.1. The number of guanidine groups is 1. The maximum absolute atomic E-state index is 12.0. The van der Waals surface area contributed by atoms with E-state index in [4.69, 9.17) is 9.15 Å². The molecule has 0 atom stereocenters. The summed E-state index contributed by atoms with van der Waals surface area (Å²) >= 11 is 0. The monoisotopic (exact) mass is 420 g/mol. The van der Waals surface area contributed by atoms with Crippen molar-refractivity contribution in [3.63, 3.8) is 0 Å². The van der Waals surface area contributed by atoms with Crippen LogP contribution in [0.25, 0.3) is 0 Å². The van der Waals surface area contributed by atoms with Crippen molar-refractivity contribution in [3.05, 3.63) is 83.8 Å². The van der Waals surface area contributed by atoms with Crippen LogP contribution in [0.1, 0.15) is 28.6 Å². The molecule has 2 aromatic carbocycles. The Balaban J connectivity index is 1.52. The average Bonchev–Trinajstić information content (AvgIpc) is 3.34. The Morgan fingerprint density at radius 3 is 2.55 bits per heavy atom. The Hall–Kier alpha value is -3.74. The number of para-hydroxylation sites is 1. The number of amides is 1. The van der Waals surface area contributed by atoms with E-state index in [-0.39, 0.29) is 11.7 Å². The fourth-order valence-corrected chi connectivity index (χ4v) is 3.03. The molecule has 0 radical (unpaired) electrons. The Morgan fingerprint density at radius 2 is 1.84 bits per heavy atom.